The lowest BCUT2D eigenvalue weighted by Crippen LogP contribution is -2.58. The third kappa shape index (κ3) is 3.41. The average molecular weight is 295 g/mol. The number of hydrogen-bond acceptors (Lipinski definition) is 2. The molecule has 0 bridgehead atoms. The van der Waals surface area contributed by atoms with Crippen molar-refractivity contribution in [3.05, 3.63) is 0 Å². The molecule has 4 nitrogen and oxygen atoms in total. The van der Waals surface area contributed by atoms with Crippen LogP contribution in [0.25, 0.3) is 0 Å². The number of carboxylic acids is 1. The fraction of sp³-hybridized carbons (Fsp3) is 0.882. The highest BCUT2D eigenvalue weighted by Gasteiger charge is 2.47. The van der Waals surface area contributed by atoms with Crippen molar-refractivity contribution >= 4 is 11.9 Å². The van der Waals surface area contributed by atoms with Crippen LogP contribution in [-0.2, 0) is 9.59 Å². The lowest BCUT2D eigenvalue weighted by atomic mass is 9.75. The van der Waals surface area contributed by atoms with Gasteiger partial charge in [0.05, 0.1) is 0 Å². The average Bonchev–Trinajstić information content (AvgIpc) is 2.88. The number of carboxylic acid groups (broad SMARTS) is 1. The Morgan fingerprint density at radius 1 is 1.00 bits per heavy atom. The first-order valence-corrected chi connectivity index (χ1v) is 8.46. The zero-order valence-electron chi connectivity index (χ0n) is 13.4. The Kier molecular flexibility index (Phi) is 4.95. The van der Waals surface area contributed by atoms with Gasteiger partial charge in [0, 0.05) is 5.41 Å². The summed E-state index contributed by atoms with van der Waals surface area (Å²) in [7, 11) is 0. The Balaban J connectivity index is 2.15. The second kappa shape index (κ2) is 6.37. The molecule has 0 aromatic heterocycles. The lowest BCUT2D eigenvalue weighted by molar-refractivity contribution is -0.151. The summed E-state index contributed by atoms with van der Waals surface area (Å²) in [5, 5.41) is 12.6. The second-order valence-electron chi connectivity index (χ2n) is 7.49. The number of nitrogens with one attached hydrogen (secondary N) is 1. The first-order chi connectivity index (χ1) is 9.90. The summed E-state index contributed by atoms with van der Waals surface area (Å²) in [5.74, 6) is -0.396. The molecule has 0 unspecified atom stereocenters. The van der Waals surface area contributed by atoms with Crippen LogP contribution < -0.4 is 5.32 Å². The fourth-order valence-corrected chi connectivity index (χ4v) is 4.25. The molecule has 0 radical (unpaired) electrons. The topological polar surface area (TPSA) is 66.4 Å². The van der Waals surface area contributed by atoms with Gasteiger partial charge < -0.3 is 10.4 Å². The largest absolute Gasteiger partial charge is 0.480 e. The Hall–Kier alpha value is -1.06. The molecular weight excluding hydrogens is 266 g/mol. The van der Waals surface area contributed by atoms with E-state index in [1.165, 1.54) is 0 Å². The standard InChI is InChI=1S/C17H29NO3/c1-13(2)12-16(8-6-7-9-16)14(19)18-17(15(20)21)10-4-3-5-11-17/h13H,3-12H2,1-2H3,(H,18,19)(H,20,21). The number of carbonyl (C=O) groups is 2. The van der Waals surface area contributed by atoms with E-state index in [9.17, 15) is 14.7 Å². The summed E-state index contributed by atoms with van der Waals surface area (Å²) in [5.41, 5.74) is -1.34. The van der Waals surface area contributed by atoms with Gasteiger partial charge in [-0.05, 0) is 38.0 Å². The monoisotopic (exact) mass is 295 g/mol. The van der Waals surface area contributed by atoms with Gasteiger partial charge in [-0.1, -0.05) is 46.0 Å². The summed E-state index contributed by atoms with van der Waals surface area (Å²) in [6.45, 7) is 4.28. The molecule has 0 atom stereocenters. The molecule has 0 aliphatic heterocycles. The minimum Gasteiger partial charge on any atom is -0.480 e. The van der Waals surface area contributed by atoms with E-state index in [-0.39, 0.29) is 11.3 Å². The van der Waals surface area contributed by atoms with Gasteiger partial charge >= 0.3 is 5.97 Å². The minimum atomic E-state index is -1.01. The van der Waals surface area contributed by atoms with Crippen LogP contribution in [0.5, 0.6) is 0 Å². The Bertz CT molecular complexity index is 391. The van der Waals surface area contributed by atoms with E-state index >= 15 is 0 Å². The zero-order chi connectivity index (χ0) is 15.5. The molecule has 2 aliphatic carbocycles. The molecule has 4 heteroatoms. The molecule has 1 amide bonds. The van der Waals surface area contributed by atoms with Crippen molar-refractivity contribution in [2.75, 3.05) is 0 Å². The summed E-state index contributed by atoms with van der Waals surface area (Å²) in [6.07, 6.45) is 8.86. The first-order valence-electron chi connectivity index (χ1n) is 8.46. The van der Waals surface area contributed by atoms with E-state index in [1.807, 2.05) is 0 Å². The SMILES string of the molecule is CC(C)CC1(C(=O)NC2(C(=O)O)CCCCC2)CCCC1. The van der Waals surface area contributed by atoms with E-state index in [1.54, 1.807) is 0 Å². The Labute approximate surface area is 127 Å². The molecule has 0 aromatic rings. The molecule has 2 rings (SSSR count). The van der Waals surface area contributed by atoms with Crippen molar-refractivity contribution in [3.8, 4) is 0 Å². The van der Waals surface area contributed by atoms with Gasteiger partial charge in [0.2, 0.25) is 5.91 Å². The molecular formula is C17H29NO3. The van der Waals surface area contributed by atoms with Crippen LogP contribution >= 0.6 is 0 Å². The molecule has 0 aromatic carbocycles. The Morgan fingerprint density at radius 3 is 2.00 bits per heavy atom. The molecule has 21 heavy (non-hydrogen) atoms. The highest BCUT2D eigenvalue weighted by atomic mass is 16.4. The quantitative estimate of drug-likeness (QED) is 0.816. The minimum absolute atomic E-state index is 0.00185. The number of carbonyl (C=O) groups excluding carboxylic acids is 1. The van der Waals surface area contributed by atoms with Gasteiger partial charge in [0.25, 0.3) is 0 Å². The maximum atomic E-state index is 12.9. The van der Waals surface area contributed by atoms with Crippen LogP contribution in [0.3, 0.4) is 0 Å². The van der Waals surface area contributed by atoms with Crippen LogP contribution in [0.15, 0.2) is 0 Å². The van der Waals surface area contributed by atoms with Crippen molar-refractivity contribution in [2.24, 2.45) is 11.3 Å². The van der Waals surface area contributed by atoms with Gasteiger partial charge in [-0.2, -0.15) is 0 Å². The first kappa shape index (κ1) is 16.3. The summed E-state index contributed by atoms with van der Waals surface area (Å²) < 4.78 is 0. The van der Waals surface area contributed by atoms with E-state index in [4.69, 9.17) is 0 Å². The molecule has 0 heterocycles. The number of amides is 1. The molecule has 2 saturated carbocycles. The van der Waals surface area contributed by atoms with E-state index in [0.29, 0.717) is 18.8 Å². The molecule has 2 N–H and O–H groups in total. The van der Waals surface area contributed by atoms with Crippen LogP contribution in [0.4, 0.5) is 0 Å². The molecule has 120 valence electrons. The predicted molar refractivity (Wildman–Crippen MR) is 82.0 cm³/mol. The second-order valence-corrected chi connectivity index (χ2v) is 7.49. The van der Waals surface area contributed by atoms with E-state index in [2.05, 4.69) is 19.2 Å². The summed E-state index contributed by atoms with van der Waals surface area (Å²) in [6, 6.07) is 0. The summed E-state index contributed by atoms with van der Waals surface area (Å²) >= 11 is 0. The normalized spacial score (nSPS) is 24.0. The van der Waals surface area contributed by atoms with Gasteiger partial charge in [-0.3, -0.25) is 4.79 Å². The zero-order valence-corrected chi connectivity index (χ0v) is 13.4. The highest BCUT2D eigenvalue weighted by Crippen LogP contribution is 2.44. The van der Waals surface area contributed by atoms with Gasteiger partial charge in [0.15, 0.2) is 0 Å². The third-order valence-corrected chi connectivity index (χ3v) is 5.31. The highest BCUT2D eigenvalue weighted by molar-refractivity contribution is 5.90. The van der Waals surface area contributed by atoms with Gasteiger partial charge in [-0.25, -0.2) is 4.79 Å². The molecule has 0 spiro atoms. The van der Waals surface area contributed by atoms with Crippen molar-refractivity contribution in [1.82, 2.24) is 5.32 Å². The maximum absolute atomic E-state index is 12.9. The molecule has 2 aliphatic rings. The van der Waals surface area contributed by atoms with Gasteiger partial charge in [-0.15, -0.1) is 0 Å². The number of rotatable bonds is 5. The molecule has 2 fully saturated rings. The number of aliphatic carboxylic acids is 1. The summed E-state index contributed by atoms with van der Waals surface area (Å²) in [4.78, 5) is 24.6. The Morgan fingerprint density at radius 2 is 1.52 bits per heavy atom. The lowest BCUT2D eigenvalue weighted by Gasteiger charge is -2.38. The van der Waals surface area contributed by atoms with Crippen LogP contribution in [-0.4, -0.2) is 22.5 Å². The molecule has 0 saturated heterocycles. The van der Waals surface area contributed by atoms with Crippen molar-refractivity contribution < 1.29 is 14.7 Å². The number of hydrogen-bond donors (Lipinski definition) is 2. The van der Waals surface area contributed by atoms with Crippen molar-refractivity contribution in [2.45, 2.75) is 83.6 Å². The van der Waals surface area contributed by atoms with Gasteiger partial charge in [0.1, 0.15) is 5.54 Å². The van der Waals surface area contributed by atoms with Crippen LogP contribution in [0.2, 0.25) is 0 Å². The van der Waals surface area contributed by atoms with Crippen molar-refractivity contribution in [1.29, 1.82) is 0 Å². The van der Waals surface area contributed by atoms with Crippen molar-refractivity contribution in [3.63, 3.8) is 0 Å². The fourth-order valence-electron chi connectivity index (χ4n) is 4.25. The van der Waals surface area contributed by atoms with Crippen LogP contribution in [0, 0.1) is 11.3 Å². The maximum Gasteiger partial charge on any atom is 0.329 e. The smallest absolute Gasteiger partial charge is 0.329 e. The van der Waals surface area contributed by atoms with Crippen LogP contribution in [0.1, 0.15) is 78.1 Å². The van der Waals surface area contributed by atoms with E-state index < -0.39 is 11.5 Å². The predicted octanol–water partition coefficient (Wildman–Crippen LogP) is 3.50. The third-order valence-electron chi connectivity index (χ3n) is 5.31. The van der Waals surface area contributed by atoms with E-state index in [0.717, 1.165) is 51.4 Å².